The van der Waals surface area contributed by atoms with E-state index >= 15 is 0 Å². The van der Waals surface area contributed by atoms with E-state index in [9.17, 15) is 9.59 Å². The molecule has 0 amide bonds. The summed E-state index contributed by atoms with van der Waals surface area (Å²) in [4.78, 5) is 23.9. The van der Waals surface area contributed by atoms with Gasteiger partial charge >= 0.3 is 0 Å². The highest BCUT2D eigenvalue weighted by Gasteiger charge is 2.52. The first-order valence-electron chi connectivity index (χ1n) is 9.24. The SMILES string of the molecule is CC[C@]12CC[C@@H]3[C@H]4CCC(=O)C=C4CC[C@H]3C1=CC=C2C(C)=O. The van der Waals surface area contributed by atoms with E-state index in [0.717, 1.165) is 44.1 Å². The first kappa shape index (κ1) is 15.1. The first-order valence-corrected chi connectivity index (χ1v) is 9.24. The lowest BCUT2D eigenvalue weighted by molar-refractivity contribution is -0.116. The fourth-order valence-electron chi connectivity index (χ4n) is 6.06. The number of allylic oxidation sites excluding steroid dienone is 6. The van der Waals surface area contributed by atoms with Crippen LogP contribution < -0.4 is 0 Å². The molecule has 0 aromatic rings. The third-order valence-corrected chi connectivity index (χ3v) is 7.09. The van der Waals surface area contributed by atoms with Crippen LogP contribution in [0.1, 0.15) is 58.8 Å². The van der Waals surface area contributed by atoms with Gasteiger partial charge in [-0.2, -0.15) is 0 Å². The largest absolute Gasteiger partial charge is 0.295 e. The third kappa shape index (κ3) is 2.07. The fraction of sp³-hybridized carbons (Fsp3) is 0.619. The summed E-state index contributed by atoms with van der Waals surface area (Å²) >= 11 is 0. The van der Waals surface area contributed by atoms with E-state index in [1.54, 1.807) is 6.92 Å². The number of carbonyl (C=O) groups is 2. The van der Waals surface area contributed by atoms with E-state index in [-0.39, 0.29) is 11.2 Å². The molecule has 2 heteroatoms. The van der Waals surface area contributed by atoms with Crippen molar-refractivity contribution in [1.82, 2.24) is 0 Å². The van der Waals surface area contributed by atoms with E-state index < -0.39 is 0 Å². The predicted molar refractivity (Wildman–Crippen MR) is 90.8 cm³/mol. The summed E-state index contributed by atoms with van der Waals surface area (Å²) in [6.07, 6.45) is 13.7. The molecule has 0 radical (unpaired) electrons. The minimum atomic E-state index is 0.0265. The highest BCUT2D eigenvalue weighted by atomic mass is 16.1. The average Bonchev–Trinajstić information content (AvgIpc) is 2.94. The lowest BCUT2D eigenvalue weighted by Crippen LogP contribution is -2.43. The summed E-state index contributed by atoms with van der Waals surface area (Å²) in [6, 6.07) is 0. The van der Waals surface area contributed by atoms with Gasteiger partial charge in [-0.15, -0.1) is 0 Å². The molecule has 23 heavy (non-hydrogen) atoms. The van der Waals surface area contributed by atoms with Crippen molar-refractivity contribution in [2.24, 2.45) is 23.2 Å². The van der Waals surface area contributed by atoms with Crippen LogP contribution in [0.3, 0.4) is 0 Å². The van der Waals surface area contributed by atoms with Crippen LogP contribution in [0.15, 0.2) is 34.9 Å². The number of hydrogen-bond donors (Lipinski definition) is 0. The molecule has 0 saturated heterocycles. The summed E-state index contributed by atoms with van der Waals surface area (Å²) in [5.74, 6) is 2.50. The lowest BCUT2D eigenvalue weighted by Gasteiger charge is -2.51. The highest BCUT2D eigenvalue weighted by molar-refractivity contribution is 5.97. The summed E-state index contributed by atoms with van der Waals surface area (Å²) in [5.41, 5.74) is 4.04. The summed E-state index contributed by atoms with van der Waals surface area (Å²) < 4.78 is 0. The number of Topliss-reactive ketones (excluding diaryl/α,β-unsaturated/α-hetero) is 1. The van der Waals surface area contributed by atoms with Crippen LogP contribution >= 0.6 is 0 Å². The molecule has 0 aliphatic heterocycles. The Hall–Kier alpha value is -1.44. The Bertz CT molecular complexity index is 663. The smallest absolute Gasteiger partial charge is 0.156 e. The van der Waals surface area contributed by atoms with Gasteiger partial charge in [0.2, 0.25) is 0 Å². The van der Waals surface area contributed by atoms with Crippen LogP contribution in [0.4, 0.5) is 0 Å². The van der Waals surface area contributed by atoms with Gasteiger partial charge in [-0.1, -0.05) is 30.2 Å². The van der Waals surface area contributed by atoms with E-state index in [1.165, 1.54) is 17.6 Å². The van der Waals surface area contributed by atoms with Gasteiger partial charge in [0.05, 0.1) is 0 Å². The number of fused-ring (bicyclic) bond motifs is 5. The molecular formula is C21H26O2. The molecule has 2 fully saturated rings. The zero-order chi connectivity index (χ0) is 16.2. The van der Waals surface area contributed by atoms with Gasteiger partial charge in [0.15, 0.2) is 11.6 Å². The van der Waals surface area contributed by atoms with E-state index in [1.807, 2.05) is 6.08 Å². The molecule has 0 bridgehead atoms. The number of hydrogen-bond acceptors (Lipinski definition) is 2. The van der Waals surface area contributed by atoms with E-state index in [0.29, 0.717) is 23.5 Å². The Kier molecular flexibility index (Phi) is 3.48. The Balaban J connectivity index is 1.68. The second kappa shape index (κ2) is 5.29. The number of carbonyl (C=O) groups excluding carboxylic acids is 2. The molecule has 0 heterocycles. The van der Waals surface area contributed by atoms with Crippen molar-refractivity contribution < 1.29 is 9.59 Å². The standard InChI is InChI=1S/C21H26O2/c1-3-21-11-10-17-16-7-5-15(23)12-14(16)4-6-18(17)20(21)9-8-19(21)13(2)22/h8-9,12,16-18H,3-7,10-11H2,1-2H3/t16-,17+,18+,21+/m0/s1. The second-order valence-electron chi connectivity index (χ2n) is 7.87. The highest BCUT2D eigenvalue weighted by Crippen LogP contribution is 2.61. The molecule has 2 saturated carbocycles. The van der Waals surface area contributed by atoms with Gasteiger partial charge in [0.1, 0.15) is 0 Å². The van der Waals surface area contributed by atoms with Crippen molar-refractivity contribution in [2.75, 3.05) is 0 Å². The van der Waals surface area contributed by atoms with Gasteiger partial charge in [-0.25, -0.2) is 0 Å². The Morgan fingerprint density at radius 1 is 1.17 bits per heavy atom. The molecule has 2 nitrogen and oxygen atoms in total. The molecule has 0 N–H and O–H groups in total. The second-order valence-corrected chi connectivity index (χ2v) is 7.87. The Labute approximate surface area is 138 Å². The molecule has 0 spiro atoms. The third-order valence-electron chi connectivity index (χ3n) is 7.09. The van der Waals surface area contributed by atoms with Crippen molar-refractivity contribution in [2.45, 2.75) is 58.8 Å². The summed E-state index contributed by atoms with van der Waals surface area (Å²) in [6.45, 7) is 3.96. The lowest BCUT2D eigenvalue weighted by atomic mass is 9.52. The van der Waals surface area contributed by atoms with Crippen molar-refractivity contribution >= 4 is 11.6 Å². The molecule has 4 rings (SSSR count). The van der Waals surface area contributed by atoms with Crippen molar-refractivity contribution in [3.63, 3.8) is 0 Å². The van der Waals surface area contributed by atoms with E-state index in [4.69, 9.17) is 0 Å². The molecule has 4 atom stereocenters. The van der Waals surface area contributed by atoms with Crippen LogP contribution in [0, 0.1) is 23.2 Å². The number of rotatable bonds is 2. The molecule has 122 valence electrons. The monoisotopic (exact) mass is 310 g/mol. The van der Waals surface area contributed by atoms with Gasteiger partial charge in [-0.05, 0) is 69.3 Å². The quantitative estimate of drug-likeness (QED) is 0.749. The maximum absolute atomic E-state index is 12.1. The molecule has 0 unspecified atom stereocenters. The van der Waals surface area contributed by atoms with Crippen LogP contribution in [-0.2, 0) is 9.59 Å². The van der Waals surface area contributed by atoms with Crippen LogP contribution in [-0.4, -0.2) is 11.6 Å². The Morgan fingerprint density at radius 3 is 2.70 bits per heavy atom. The van der Waals surface area contributed by atoms with Crippen LogP contribution in [0.2, 0.25) is 0 Å². The summed E-state index contributed by atoms with van der Waals surface area (Å²) in [5, 5.41) is 0. The molecule has 4 aliphatic rings. The normalized spacial score (nSPS) is 38.8. The molecular weight excluding hydrogens is 284 g/mol. The Morgan fingerprint density at radius 2 is 1.96 bits per heavy atom. The number of ketones is 2. The molecule has 0 aromatic heterocycles. The topological polar surface area (TPSA) is 34.1 Å². The van der Waals surface area contributed by atoms with Crippen LogP contribution in [0.25, 0.3) is 0 Å². The molecule has 0 aromatic carbocycles. The van der Waals surface area contributed by atoms with Gasteiger partial charge in [0, 0.05) is 17.4 Å². The van der Waals surface area contributed by atoms with Crippen molar-refractivity contribution in [3.05, 3.63) is 34.9 Å². The van der Waals surface area contributed by atoms with Gasteiger partial charge in [-0.3, -0.25) is 9.59 Å². The van der Waals surface area contributed by atoms with Crippen molar-refractivity contribution in [3.8, 4) is 0 Å². The molecule has 4 aliphatic carbocycles. The van der Waals surface area contributed by atoms with E-state index in [2.05, 4.69) is 19.1 Å². The maximum atomic E-state index is 12.1. The zero-order valence-corrected chi connectivity index (χ0v) is 14.2. The average molecular weight is 310 g/mol. The first-order chi connectivity index (χ1) is 11.1. The van der Waals surface area contributed by atoms with Crippen LogP contribution in [0.5, 0.6) is 0 Å². The minimum absolute atomic E-state index is 0.0265. The van der Waals surface area contributed by atoms with Gasteiger partial charge in [0.25, 0.3) is 0 Å². The maximum Gasteiger partial charge on any atom is 0.156 e. The predicted octanol–water partition coefficient (Wildman–Crippen LogP) is 4.56. The van der Waals surface area contributed by atoms with Gasteiger partial charge < -0.3 is 0 Å². The minimum Gasteiger partial charge on any atom is -0.295 e. The summed E-state index contributed by atoms with van der Waals surface area (Å²) in [7, 11) is 0. The van der Waals surface area contributed by atoms with Crippen molar-refractivity contribution in [1.29, 1.82) is 0 Å². The zero-order valence-electron chi connectivity index (χ0n) is 14.2. The fourth-order valence-corrected chi connectivity index (χ4v) is 6.06.